The second-order valence-corrected chi connectivity index (χ2v) is 8.31. The van der Waals surface area contributed by atoms with E-state index in [0.717, 1.165) is 55.4 Å². The highest BCUT2D eigenvalue weighted by Gasteiger charge is 2.30. The van der Waals surface area contributed by atoms with Crippen LogP contribution in [-0.4, -0.2) is 75.8 Å². The molecule has 31 heavy (non-hydrogen) atoms. The quantitative estimate of drug-likeness (QED) is 0.516. The van der Waals surface area contributed by atoms with E-state index in [4.69, 9.17) is 11.5 Å². The molecule has 2 aromatic heterocycles. The van der Waals surface area contributed by atoms with Gasteiger partial charge in [-0.2, -0.15) is 5.10 Å². The Kier molecular flexibility index (Phi) is 5.44. The second-order valence-electron chi connectivity index (χ2n) is 8.31. The van der Waals surface area contributed by atoms with Gasteiger partial charge in [-0.1, -0.05) is 12.1 Å². The van der Waals surface area contributed by atoms with Crippen LogP contribution in [0.2, 0.25) is 0 Å². The molecule has 9 heteroatoms. The fraction of sp³-hybridized carbons (Fsp3) is 0.409. The summed E-state index contributed by atoms with van der Waals surface area (Å²) in [6.45, 7) is 7.06. The molecular weight excluding hydrogens is 390 g/mol. The Hall–Kier alpha value is -3.17. The van der Waals surface area contributed by atoms with Crippen LogP contribution in [0.4, 0.5) is 17.3 Å². The van der Waals surface area contributed by atoms with Crippen LogP contribution >= 0.6 is 0 Å². The predicted octanol–water partition coefficient (Wildman–Crippen LogP) is 1.60. The number of hydrogen-bond acceptors (Lipinski definition) is 8. The maximum atomic E-state index is 6.21. The van der Waals surface area contributed by atoms with Gasteiger partial charge in [-0.15, -0.1) is 0 Å². The van der Waals surface area contributed by atoms with Crippen molar-refractivity contribution in [3.8, 4) is 11.1 Å². The van der Waals surface area contributed by atoms with Gasteiger partial charge in [0.25, 0.3) is 0 Å². The lowest BCUT2D eigenvalue weighted by atomic mass is 10.0. The number of H-pyrrole nitrogens is 1. The van der Waals surface area contributed by atoms with Gasteiger partial charge in [0.05, 0.1) is 11.8 Å². The first-order chi connectivity index (χ1) is 15.2. The Morgan fingerprint density at radius 2 is 1.87 bits per heavy atom. The Morgan fingerprint density at radius 3 is 2.55 bits per heavy atom. The first-order valence-electron chi connectivity index (χ1n) is 10.9. The summed E-state index contributed by atoms with van der Waals surface area (Å²) < 4.78 is 0. The summed E-state index contributed by atoms with van der Waals surface area (Å²) in [5.74, 6) is 1.35. The zero-order chi connectivity index (χ0) is 21.2. The van der Waals surface area contributed by atoms with Crippen molar-refractivity contribution in [3.63, 3.8) is 0 Å². The molecule has 0 spiro atoms. The highest BCUT2D eigenvalue weighted by molar-refractivity contribution is 5.83. The van der Waals surface area contributed by atoms with Crippen LogP contribution in [0, 0.1) is 0 Å². The molecule has 0 bridgehead atoms. The number of anilines is 3. The number of aromatic nitrogens is 4. The van der Waals surface area contributed by atoms with E-state index in [9.17, 15) is 0 Å². The average molecular weight is 420 g/mol. The number of piperazine rings is 1. The summed E-state index contributed by atoms with van der Waals surface area (Å²) in [5, 5.41) is 6.92. The van der Waals surface area contributed by atoms with E-state index in [0.29, 0.717) is 11.9 Å². The summed E-state index contributed by atoms with van der Waals surface area (Å²) in [7, 11) is 0. The topological polar surface area (TPSA) is 116 Å². The van der Waals surface area contributed by atoms with E-state index in [1.807, 2.05) is 12.3 Å². The van der Waals surface area contributed by atoms with E-state index in [-0.39, 0.29) is 0 Å². The summed E-state index contributed by atoms with van der Waals surface area (Å²) in [6, 6.07) is 8.69. The molecule has 3 aromatic rings. The minimum Gasteiger partial charge on any atom is -0.399 e. The number of hydrogen-bond donors (Lipinski definition) is 3. The Labute approximate surface area is 182 Å². The van der Waals surface area contributed by atoms with Gasteiger partial charge in [-0.05, 0) is 37.2 Å². The first-order valence-corrected chi connectivity index (χ1v) is 10.9. The van der Waals surface area contributed by atoms with Crippen molar-refractivity contribution in [2.75, 3.05) is 62.2 Å². The lowest BCUT2D eigenvalue weighted by Gasteiger charge is -2.43. The van der Waals surface area contributed by atoms with Gasteiger partial charge in [0, 0.05) is 56.2 Å². The van der Waals surface area contributed by atoms with E-state index in [1.165, 1.54) is 25.1 Å². The van der Waals surface area contributed by atoms with Crippen LogP contribution in [-0.2, 0) is 0 Å². The third-order valence-corrected chi connectivity index (χ3v) is 6.37. The van der Waals surface area contributed by atoms with Crippen molar-refractivity contribution in [1.29, 1.82) is 0 Å². The smallest absolute Gasteiger partial charge is 0.142 e. The van der Waals surface area contributed by atoms with Gasteiger partial charge in [0.1, 0.15) is 18.0 Å². The summed E-state index contributed by atoms with van der Waals surface area (Å²) in [4.78, 5) is 16.2. The molecule has 0 radical (unpaired) electrons. The van der Waals surface area contributed by atoms with Crippen molar-refractivity contribution >= 4 is 17.3 Å². The summed E-state index contributed by atoms with van der Waals surface area (Å²) >= 11 is 0. The molecule has 2 aliphatic heterocycles. The van der Waals surface area contributed by atoms with E-state index >= 15 is 0 Å². The number of nitrogens with two attached hydrogens (primary N) is 2. The molecule has 4 heterocycles. The number of nitrogen functional groups attached to an aromatic ring is 2. The normalized spacial score (nSPS) is 18.6. The van der Waals surface area contributed by atoms with Crippen LogP contribution in [0.5, 0.6) is 0 Å². The largest absolute Gasteiger partial charge is 0.399 e. The fourth-order valence-corrected chi connectivity index (χ4v) is 4.55. The number of rotatable bonds is 6. The molecule has 1 aromatic carbocycles. The van der Waals surface area contributed by atoms with Crippen molar-refractivity contribution in [2.45, 2.75) is 12.5 Å². The molecule has 2 fully saturated rings. The molecule has 5 N–H and O–H groups in total. The van der Waals surface area contributed by atoms with Crippen molar-refractivity contribution in [1.82, 2.24) is 30.0 Å². The van der Waals surface area contributed by atoms with E-state index in [1.54, 1.807) is 12.5 Å². The minimum atomic E-state index is 0.342. The number of benzene rings is 1. The van der Waals surface area contributed by atoms with Crippen LogP contribution < -0.4 is 16.4 Å². The van der Waals surface area contributed by atoms with Crippen molar-refractivity contribution in [3.05, 3.63) is 48.5 Å². The monoisotopic (exact) mass is 419 g/mol. The Morgan fingerprint density at radius 1 is 1.03 bits per heavy atom. The highest BCUT2D eigenvalue weighted by Crippen LogP contribution is 2.34. The van der Waals surface area contributed by atoms with Gasteiger partial charge in [0.2, 0.25) is 0 Å². The molecule has 1 atom stereocenters. The average Bonchev–Trinajstić information content (AvgIpc) is 3.27. The van der Waals surface area contributed by atoms with Gasteiger partial charge in [-0.25, -0.2) is 9.97 Å². The maximum absolute atomic E-state index is 6.21. The highest BCUT2D eigenvalue weighted by atomic mass is 15.3. The summed E-state index contributed by atoms with van der Waals surface area (Å²) in [6.07, 6.45) is 6.43. The Balaban J connectivity index is 1.35. The van der Waals surface area contributed by atoms with Crippen molar-refractivity contribution in [2.24, 2.45) is 0 Å². The number of likely N-dealkylation sites (tertiary alicyclic amines) is 1. The maximum Gasteiger partial charge on any atom is 0.142 e. The van der Waals surface area contributed by atoms with Crippen LogP contribution in [0.15, 0.2) is 43.0 Å². The van der Waals surface area contributed by atoms with Crippen LogP contribution in [0.25, 0.3) is 11.1 Å². The lowest BCUT2D eigenvalue weighted by Crippen LogP contribution is -2.51. The van der Waals surface area contributed by atoms with Gasteiger partial charge < -0.3 is 21.3 Å². The number of nitrogens with zero attached hydrogens (tertiary/aromatic N) is 6. The molecule has 162 valence electrons. The third-order valence-electron chi connectivity index (χ3n) is 6.37. The SMILES string of the molecule is Nc1cccc([C@H](CN2CCC2)N2CCN(c3ncnc(N)c3-c3cn[nH]c3)CC2)c1. The lowest BCUT2D eigenvalue weighted by molar-refractivity contribution is 0.0966. The predicted molar refractivity (Wildman–Crippen MR) is 122 cm³/mol. The molecule has 0 amide bonds. The minimum absolute atomic E-state index is 0.342. The van der Waals surface area contributed by atoms with Gasteiger partial charge in [0.15, 0.2) is 0 Å². The molecule has 0 unspecified atom stereocenters. The van der Waals surface area contributed by atoms with Crippen LogP contribution in [0.1, 0.15) is 18.0 Å². The van der Waals surface area contributed by atoms with Gasteiger partial charge >= 0.3 is 0 Å². The first kappa shape index (κ1) is 19.8. The molecular formula is C22H29N9. The van der Waals surface area contributed by atoms with Crippen molar-refractivity contribution < 1.29 is 0 Å². The fourth-order valence-electron chi connectivity index (χ4n) is 4.55. The number of nitrogens with one attached hydrogen (secondary N) is 1. The second kappa shape index (κ2) is 8.52. The molecule has 0 saturated carbocycles. The third kappa shape index (κ3) is 4.06. The number of aromatic amines is 1. The summed E-state index contributed by atoms with van der Waals surface area (Å²) in [5.41, 5.74) is 16.2. The molecule has 2 aliphatic rings. The Bertz CT molecular complexity index is 1010. The molecule has 2 saturated heterocycles. The van der Waals surface area contributed by atoms with Crippen LogP contribution in [0.3, 0.4) is 0 Å². The standard InChI is InChI=1S/C22H29N9/c23-18-4-1-3-16(11-18)19(14-29-5-2-6-29)30-7-9-31(10-8-30)22-20(17-12-27-28-13-17)21(24)25-15-26-22/h1,3-4,11-13,15,19H,2,5-10,14,23H2,(H,27,28)(H2,24,25,26)/t19-/m0/s1. The van der Waals surface area contributed by atoms with E-state index < -0.39 is 0 Å². The molecule has 0 aliphatic carbocycles. The zero-order valence-corrected chi connectivity index (χ0v) is 17.6. The zero-order valence-electron chi connectivity index (χ0n) is 17.6. The molecule has 5 rings (SSSR count). The molecule has 9 nitrogen and oxygen atoms in total. The van der Waals surface area contributed by atoms with E-state index in [2.05, 4.69) is 53.1 Å². The van der Waals surface area contributed by atoms with Gasteiger partial charge in [-0.3, -0.25) is 10.00 Å².